The van der Waals surface area contributed by atoms with Crippen LogP contribution in [0.4, 0.5) is 0 Å². The van der Waals surface area contributed by atoms with Crippen molar-refractivity contribution in [1.82, 2.24) is 15.3 Å². The van der Waals surface area contributed by atoms with Gasteiger partial charge in [0, 0.05) is 11.4 Å². The fourth-order valence-electron chi connectivity index (χ4n) is 1.47. The Kier molecular flexibility index (Phi) is 3.61. The van der Waals surface area contributed by atoms with E-state index in [-0.39, 0.29) is 0 Å². The van der Waals surface area contributed by atoms with E-state index in [0.717, 1.165) is 18.1 Å². The van der Waals surface area contributed by atoms with Gasteiger partial charge in [-0.1, -0.05) is 0 Å². The third-order valence-corrected chi connectivity index (χ3v) is 3.63. The summed E-state index contributed by atoms with van der Waals surface area (Å²) < 4.78 is 0. The monoisotopic (exact) mass is 229 g/mol. The van der Waals surface area contributed by atoms with Gasteiger partial charge in [-0.2, -0.15) is 0 Å². The van der Waals surface area contributed by atoms with Gasteiger partial charge in [-0.3, -0.25) is 0 Å². The van der Waals surface area contributed by atoms with Crippen LogP contribution in [0.25, 0.3) is 0 Å². The average molecular weight is 230 g/mol. The predicted molar refractivity (Wildman–Crippen MR) is 58.8 cm³/mol. The molecule has 1 aliphatic rings. The smallest absolute Gasteiger partial charge is 0.223 e. The van der Waals surface area contributed by atoms with Gasteiger partial charge in [0.1, 0.15) is 5.03 Å². The third kappa shape index (κ3) is 2.83. The van der Waals surface area contributed by atoms with Crippen molar-refractivity contribution in [3.8, 4) is 0 Å². The molecule has 1 aromatic heterocycles. The molecule has 0 aromatic carbocycles. The minimum atomic E-state index is 0.337. The van der Waals surface area contributed by atoms with E-state index < -0.39 is 0 Å². The summed E-state index contributed by atoms with van der Waals surface area (Å²) in [4.78, 5) is 8.03. The Morgan fingerprint density at radius 3 is 2.93 bits per heavy atom. The predicted octanol–water partition coefficient (Wildman–Crippen LogP) is 1.97. The molecule has 1 aromatic rings. The summed E-state index contributed by atoms with van der Waals surface area (Å²) in [5, 5.41) is 5.33. The van der Waals surface area contributed by atoms with Crippen LogP contribution in [0.5, 0.6) is 0 Å². The maximum absolute atomic E-state index is 5.71. The van der Waals surface area contributed by atoms with Crippen LogP contribution in [0.1, 0.15) is 12.8 Å². The number of piperidine rings is 1. The van der Waals surface area contributed by atoms with E-state index in [0.29, 0.717) is 10.5 Å². The molecule has 1 aliphatic heterocycles. The van der Waals surface area contributed by atoms with Gasteiger partial charge in [-0.25, -0.2) is 9.97 Å². The first kappa shape index (κ1) is 10.2. The number of hydrogen-bond acceptors (Lipinski definition) is 4. The minimum Gasteiger partial charge on any atom is -0.317 e. The third-order valence-electron chi connectivity index (χ3n) is 2.17. The number of halogens is 1. The summed E-state index contributed by atoms with van der Waals surface area (Å²) in [5.74, 6) is 0. The lowest BCUT2D eigenvalue weighted by atomic mass is 10.2. The van der Waals surface area contributed by atoms with E-state index in [1.165, 1.54) is 12.8 Å². The highest BCUT2D eigenvalue weighted by molar-refractivity contribution is 7.99. The summed E-state index contributed by atoms with van der Waals surface area (Å²) >= 11 is 7.52. The zero-order valence-corrected chi connectivity index (χ0v) is 9.31. The molecule has 0 radical (unpaired) electrons. The number of hydrogen-bond donors (Lipinski definition) is 1. The summed E-state index contributed by atoms with van der Waals surface area (Å²) in [6.07, 6.45) is 4.11. The van der Waals surface area contributed by atoms with Crippen molar-refractivity contribution in [3.63, 3.8) is 0 Å². The molecule has 3 nitrogen and oxygen atoms in total. The van der Waals surface area contributed by atoms with Crippen molar-refractivity contribution in [1.29, 1.82) is 0 Å². The van der Waals surface area contributed by atoms with Gasteiger partial charge in [-0.05, 0) is 43.6 Å². The number of nitrogens with one attached hydrogen (secondary N) is 1. The van der Waals surface area contributed by atoms with Gasteiger partial charge in [0.05, 0.1) is 0 Å². The Labute approximate surface area is 92.7 Å². The molecule has 2 heterocycles. The molecule has 1 N–H and O–H groups in total. The molecule has 0 saturated carbocycles. The van der Waals surface area contributed by atoms with E-state index in [1.807, 2.05) is 6.07 Å². The highest BCUT2D eigenvalue weighted by atomic mass is 35.5. The Bertz CT molecular complexity index is 302. The zero-order valence-electron chi connectivity index (χ0n) is 7.74. The van der Waals surface area contributed by atoms with E-state index in [2.05, 4.69) is 15.3 Å². The van der Waals surface area contributed by atoms with Crippen LogP contribution >= 0.6 is 23.4 Å². The van der Waals surface area contributed by atoms with Crippen LogP contribution < -0.4 is 5.32 Å². The zero-order chi connectivity index (χ0) is 9.80. The van der Waals surface area contributed by atoms with Crippen molar-refractivity contribution in [3.05, 3.63) is 17.5 Å². The standard InChI is InChI=1S/C9H12ClN3S/c10-9-12-6-3-8(13-9)14-7-1-4-11-5-2-7/h3,6-7,11H,1-2,4-5H2. The summed E-state index contributed by atoms with van der Waals surface area (Å²) in [7, 11) is 0. The highest BCUT2D eigenvalue weighted by Crippen LogP contribution is 2.27. The second kappa shape index (κ2) is 4.96. The maximum atomic E-state index is 5.71. The molecule has 2 rings (SSSR count). The van der Waals surface area contributed by atoms with E-state index in [4.69, 9.17) is 11.6 Å². The van der Waals surface area contributed by atoms with Gasteiger partial charge in [0.25, 0.3) is 0 Å². The number of thioether (sulfide) groups is 1. The molecule has 0 amide bonds. The van der Waals surface area contributed by atoms with E-state index in [1.54, 1.807) is 18.0 Å². The molecule has 0 unspecified atom stereocenters. The van der Waals surface area contributed by atoms with Crippen molar-refractivity contribution in [2.45, 2.75) is 23.1 Å². The highest BCUT2D eigenvalue weighted by Gasteiger charge is 2.14. The summed E-state index contributed by atoms with van der Waals surface area (Å²) in [6.45, 7) is 2.22. The molecule has 0 spiro atoms. The van der Waals surface area contributed by atoms with Gasteiger partial charge < -0.3 is 5.32 Å². The van der Waals surface area contributed by atoms with Gasteiger partial charge in [0.2, 0.25) is 5.28 Å². The van der Waals surface area contributed by atoms with Crippen molar-refractivity contribution < 1.29 is 0 Å². The second-order valence-electron chi connectivity index (χ2n) is 3.23. The first-order chi connectivity index (χ1) is 6.84. The Morgan fingerprint density at radius 2 is 2.21 bits per heavy atom. The van der Waals surface area contributed by atoms with Crippen LogP contribution in [0, 0.1) is 0 Å². The van der Waals surface area contributed by atoms with Gasteiger partial charge in [-0.15, -0.1) is 11.8 Å². The molecule has 0 bridgehead atoms. The van der Waals surface area contributed by atoms with Crippen LogP contribution in [-0.4, -0.2) is 28.3 Å². The molecule has 14 heavy (non-hydrogen) atoms. The van der Waals surface area contributed by atoms with E-state index in [9.17, 15) is 0 Å². The van der Waals surface area contributed by atoms with E-state index >= 15 is 0 Å². The average Bonchev–Trinajstić information content (AvgIpc) is 2.19. The minimum absolute atomic E-state index is 0.337. The molecule has 5 heteroatoms. The molecular formula is C9H12ClN3S. The van der Waals surface area contributed by atoms with Gasteiger partial charge in [0.15, 0.2) is 0 Å². The molecule has 0 aliphatic carbocycles. The largest absolute Gasteiger partial charge is 0.317 e. The number of rotatable bonds is 2. The van der Waals surface area contributed by atoms with Gasteiger partial charge >= 0.3 is 0 Å². The fourth-order valence-corrected chi connectivity index (χ4v) is 2.76. The SMILES string of the molecule is Clc1nccc(SC2CCNCC2)n1. The molecule has 1 saturated heterocycles. The van der Waals surface area contributed by atoms with Crippen molar-refractivity contribution in [2.24, 2.45) is 0 Å². The topological polar surface area (TPSA) is 37.8 Å². The first-order valence-electron chi connectivity index (χ1n) is 4.70. The normalized spacial score (nSPS) is 18.4. The Balaban J connectivity index is 1.95. The molecule has 1 fully saturated rings. The maximum Gasteiger partial charge on any atom is 0.223 e. The number of aromatic nitrogens is 2. The van der Waals surface area contributed by atoms with Crippen LogP contribution in [-0.2, 0) is 0 Å². The first-order valence-corrected chi connectivity index (χ1v) is 5.96. The van der Waals surface area contributed by atoms with Crippen molar-refractivity contribution >= 4 is 23.4 Å². The second-order valence-corrected chi connectivity index (χ2v) is 4.89. The molecule has 76 valence electrons. The fraction of sp³-hybridized carbons (Fsp3) is 0.556. The van der Waals surface area contributed by atoms with Crippen LogP contribution in [0.3, 0.4) is 0 Å². The summed E-state index contributed by atoms with van der Waals surface area (Å²) in [6, 6.07) is 1.92. The quantitative estimate of drug-likeness (QED) is 0.622. The number of nitrogens with zero attached hydrogens (tertiary/aromatic N) is 2. The van der Waals surface area contributed by atoms with Crippen LogP contribution in [0.2, 0.25) is 5.28 Å². The molecular weight excluding hydrogens is 218 g/mol. The Hall–Kier alpha value is -0.320. The lowest BCUT2D eigenvalue weighted by molar-refractivity contribution is 0.531. The Morgan fingerprint density at radius 1 is 1.43 bits per heavy atom. The van der Waals surface area contributed by atoms with Crippen LogP contribution in [0.15, 0.2) is 17.3 Å². The van der Waals surface area contributed by atoms with Crippen molar-refractivity contribution in [2.75, 3.05) is 13.1 Å². The lowest BCUT2D eigenvalue weighted by Crippen LogP contribution is -2.29. The lowest BCUT2D eigenvalue weighted by Gasteiger charge is -2.21. The summed E-state index contributed by atoms with van der Waals surface area (Å²) in [5.41, 5.74) is 0. The molecule has 0 atom stereocenters.